The van der Waals surface area contributed by atoms with E-state index in [0.717, 1.165) is 0 Å². The smallest absolute Gasteiger partial charge is 0.308 e. The molecule has 3 atom stereocenters. The van der Waals surface area contributed by atoms with Gasteiger partial charge in [-0.2, -0.15) is 0 Å². The maximum Gasteiger partial charge on any atom is 0.308 e. The third kappa shape index (κ3) is 6.20. The molecule has 0 aliphatic heterocycles. The number of esters is 1. The molecule has 0 heterocycles. The molecule has 0 aliphatic rings. The Hall–Kier alpha value is -0.455. The summed E-state index contributed by atoms with van der Waals surface area (Å²) in [5.74, 6) is -0.455. The van der Waals surface area contributed by atoms with Crippen LogP contribution in [0.5, 0.6) is 0 Å². The van der Waals surface area contributed by atoms with Gasteiger partial charge in [0.15, 0.2) is 0 Å². The van der Waals surface area contributed by atoms with Gasteiger partial charge in [0.25, 0.3) is 0 Å². The van der Waals surface area contributed by atoms with Crippen LogP contribution >= 0.6 is 11.9 Å². The Morgan fingerprint density at radius 2 is 2.31 bits per heavy atom. The summed E-state index contributed by atoms with van der Waals surface area (Å²) in [6.45, 7) is 5.43. The highest BCUT2D eigenvalue weighted by Gasteiger charge is 2.21. The van der Waals surface area contributed by atoms with Crippen molar-refractivity contribution in [1.29, 1.82) is 0 Å². The van der Waals surface area contributed by atoms with E-state index >= 15 is 0 Å². The second-order valence-electron chi connectivity index (χ2n) is 3.49. The Labute approximate surface area is 102 Å². The maximum absolute atomic E-state index is 11.1. The van der Waals surface area contributed by atoms with Gasteiger partial charge in [-0.25, -0.2) is 0 Å². The van der Waals surface area contributed by atoms with E-state index in [0.29, 0.717) is 18.3 Å². The predicted molar refractivity (Wildman–Crippen MR) is 64.8 cm³/mol. The number of hydrogen-bond acceptors (Lipinski definition) is 5. The first-order chi connectivity index (χ1) is 7.54. The van der Waals surface area contributed by atoms with Gasteiger partial charge in [0.2, 0.25) is 7.12 Å². The molecule has 16 heavy (non-hydrogen) atoms. The quantitative estimate of drug-likeness (QED) is 0.301. The third-order valence-electron chi connectivity index (χ3n) is 2.30. The van der Waals surface area contributed by atoms with Crippen LogP contribution in [0.3, 0.4) is 0 Å². The lowest BCUT2D eigenvalue weighted by atomic mass is 9.98. The molecule has 0 saturated carbocycles. The summed E-state index contributed by atoms with van der Waals surface area (Å²) >= 11 is 0.679. The average Bonchev–Trinajstić information content (AvgIpc) is 2.27. The monoisotopic (exact) mass is 244 g/mol. The molecule has 0 rings (SSSR count). The lowest BCUT2D eigenvalue weighted by molar-refractivity contribution is -0.142. The summed E-state index contributed by atoms with van der Waals surface area (Å²) < 4.78 is 9.60. The van der Waals surface area contributed by atoms with Crippen molar-refractivity contribution in [1.82, 2.24) is 0 Å². The highest BCUT2D eigenvalue weighted by Crippen LogP contribution is 2.18. The summed E-state index contributed by atoms with van der Waals surface area (Å²) in [4.78, 5) is 11.1. The number of aliphatic hydroxyl groups is 1. The predicted octanol–water partition coefficient (Wildman–Crippen LogP) is 1.24. The third-order valence-corrected chi connectivity index (χ3v) is 2.68. The zero-order valence-electron chi connectivity index (χ0n) is 9.59. The number of hydrogen-bond donors (Lipinski definition) is 1. The fraction of sp³-hybridized carbons (Fsp3) is 0.700. The minimum Gasteiger partial charge on any atom is -0.469 e. The van der Waals surface area contributed by atoms with Crippen molar-refractivity contribution in [3.05, 3.63) is 12.7 Å². The van der Waals surface area contributed by atoms with Crippen molar-refractivity contribution in [3.63, 3.8) is 0 Å². The molecule has 0 aromatic carbocycles. The fourth-order valence-electron chi connectivity index (χ4n) is 1.15. The molecule has 0 aliphatic carbocycles. The molecule has 4 nitrogen and oxygen atoms in total. The minimum absolute atomic E-state index is 0.0634. The van der Waals surface area contributed by atoms with Crippen LogP contribution in [0.4, 0.5) is 0 Å². The van der Waals surface area contributed by atoms with Crippen molar-refractivity contribution in [2.24, 2.45) is 5.92 Å². The number of rotatable bonds is 8. The number of carbonyl (C=O) groups is 1. The molecule has 90 valence electrons. The Bertz CT molecular complexity index is 225. The van der Waals surface area contributed by atoms with Crippen molar-refractivity contribution < 1.29 is 18.8 Å². The van der Waals surface area contributed by atoms with E-state index in [9.17, 15) is 9.90 Å². The molecule has 2 radical (unpaired) electrons. The van der Waals surface area contributed by atoms with E-state index in [2.05, 4.69) is 11.3 Å². The van der Waals surface area contributed by atoms with Gasteiger partial charge >= 0.3 is 5.97 Å². The van der Waals surface area contributed by atoms with E-state index in [4.69, 9.17) is 11.3 Å². The van der Waals surface area contributed by atoms with Gasteiger partial charge in [-0.3, -0.25) is 4.79 Å². The van der Waals surface area contributed by atoms with Crippen LogP contribution in [0.2, 0.25) is 0 Å². The van der Waals surface area contributed by atoms with E-state index in [1.165, 1.54) is 7.11 Å². The fourth-order valence-corrected chi connectivity index (χ4v) is 1.45. The number of aliphatic hydroxyl groups excluding tert-OH is 1. The second kappa shape index (κ2) is 8.67. The standard InChI is InChI=1S/C10H17BO4S/c1-4-7(2)9(12)5-8(15-16-11)6-10(13)14-3/h4,7-9,12H,1,5-6H2,2-3H3/t7-,8-,9-/m0/s1. The van der Waals surface area contributed by atoms with Crippen LogP contribution in [0, 0.1) is 5.92 Å². The van der Waals surface area contributed by atoms with Crippen molar-refractivity contribution in [3.8, 4) is 0 Å². The van der Waals surface area contributed by atoms with Gasteiger partial charge in [-0.1, -0.05) is 24.9 Å². The van der Waals surface area contributed by atoms with Crippen molar-refractivity contribution in [2.75, 3.05) is 7.11 Å². The molecular weight excluding hydrogens is 227 g/mol. The molecule has 0 spiro atoms. The van der Waals surface area contributed by atoms with Crippen LogP contribution < -0.4 is 0 Å². The molecule has 0 aromatic heterocycles. The lowest BCUT2D eigenvalue weighted by Crippen LogP contribution is -2.26. The number of methoxy groups -OCH3 is 1. The Balaban J connectivity index is 4.20. The minimum atomic E-state index is -0.612. The van der Waals surface area contributed by atoms with Gasteiger partial charge < -0.3 is 14.0 Å². The summed E-state index contributed by atoms with van der Waals surface area (Å²) in [6, 6.07) is 0. The van der Waals surface area contributed by atoms with E-state index in [1.54, 1.807) is 6.08 Å². The average molecular weight is 244 g/mol. The van der Waals surface area contributed by atoms with Gasteiger partial charge in [0.05, 0.1) is 25.7 Å². The van der Waals surface area contributed by atoms with E-state index in [-0.39, 0.29) is 12.3 Å². The first-order valence-electron chi connectivity index (χ1n) is 4.94. The molecule has 0 aromatic rings. The molecule has 0 bridgehead atoms. The molecule has 6 heteroatoms. The Morgan fingerprint density at radius 3 is 2.75 bits per heavy atom. The van der Waals surface area contributed by atoms with Gasteiger partial charge in [0.1, 0.15) is 0 Å². The summed E-state index contributed by atoms with van der Waals surface area (Å²) in [5, 5.41) is 9.75. The molecule has 1 N–H and O–H groups in total. The Morgan fingerprint density at radius 1 is 1.69 bits per heavy atom. The van der Waals surface area contributed by atoms with E-state index < -0.39 is 18.2 Å². The van der Waals surface area contributed by atoms with Crippen LogP contribution in [0.1, 0.15) is 19.8 Å². The Kier molecular flexibility index (Phi) is 8.42. The molecule has 0 saturated heterocycles. The molecule has 0 unspecified atom stereocenters. The zero-order valence-corrected chi connectivity index (χ0v) is 10.4. The molecular formula is C10H17BO4S. The van der Waals surface area contributed by atoms with Crippen LogP contribution in [0.15, 0.2) is 12.7 Å². The molecule has 0 fully saturated rings. The van der Waals surface area contributed by atoms with Crippen LogP contribution in [-0.2, 0) is 13.7 Å². The van der Waals surface area contributed by atoms with Crippen molar-refractivity contribution in [2.45, 2.75) is 32.0 Å². The largest absolute Gasteiger partial charge is 0.469 e. The maximum atomic E-state index is 11.1. The number of ether oxygens (including phenoxy) is 1. The second-order valence-corrected chi connectivity index (χ2v) is 3.88. The zero-order chi connectivity index (χ0) is 12.6. The highest BCUT2D eigenvalue weighted by molar-refractivity contribution is 8.15. The molecule has 0 amide bonds. The first kappa shape index (κ1) is 15.5. The van der Waals surface area contributed by atoms with Gasteiger partial charge in [-0.15, -0.1) is 6.58 Å². The van der Waals surface area contributed by atoms with E-state index in [1.807, 2.05) is 6.92 Å². The van der Waals surface area contributed by atoms with Gasteiger partial charge in [0, 0.05) is 6.42 Å². The van der Waals surface area contributed by atoms with Crippen LogP contribution in [-0.4, -0.2) is 37.5 Å². The SMILES string of the molecule is [B]SO[C@H](CC(=O)OC)C[C@H](O)[C@@H](C)C=C. The van der Waals surface area contributed by atoms with Crippen LogP contribution in [0.25, 0.3) is 0 Å². The normalized spacial score (nSPS) is 16.2. The topological polar surface area (TPSA) is 55.8 Å². The summed E-state index contributed by atoms with van der Waals surface area (Å²) in [5.41, 5.74) is 0. The highest BCUT2D eigenvalue weighted by atomic mass is 32.2. The number of carbonyl (C=O) groups excluding carboxylic acids is 1. The van der Waals surface area contributed by atoms with Crippen molar-refractivity contribution >= 4 is 25.0 Å². The summed E-state index contributed by atoms with van der Waals surface area (Å²) in [6.07, 6.45) is 0.961. The summed E-state index contributed by atoms with van der Waals surface area (Å²) in [7, 11) is 6.47. The van der Waals surface area contributed by atoms with Gasteiger partial charge in [-0.05, 0) is 5.92 Å². The first-order valence-corrected chi connectivity index (χ1v) is 5.75. The lowest BCUT2D eigenvalue weighted by Gasteiger charge is -2.21.